The van der Waals surface area contributed by atoms with Gasteiger partial charge in [-0.15, -0.1) is 0 Å². The third kappa shape index (κ3) is 2.41. The number of ether oxygens (including phenoxy) is 1. The van der Waals surface area contributed by atoms with Gasteiger partial charge in [-0.05, 0) is 12.8 Å². The summed E-state index contributed by atoms with van der Waals surface area (Å²) in [7, 11) is -2.92. The van der Waals surface area contributed by atoms with Gasteiger partial charge in [0.15, 0.2) is 0 Å². The molecule has 9 heteroatoms. The van der Waals surface area contributed by atoms with Crippen molar-refractivity contribution >= 4 is 22.0 Å². The lowest BCUT2D eigenvalue weighted by Crippen LogP contribution is -2.40. The minimum absolute atomic E-state index is 0.0443. The van der Waals surface area contributed by atoms with E-state index in [0.717, 1.165) is 23.7 Å². The first-order valence-electron chi connectivity index (χ1n) is 5.79. The molecule has 1 aromatic heterocycles. The summed E-state index contributed by atoms with van der Waals surface area (Å²) in [4.78, 5) is 22.3. The number of hydrogen-bond donors (Lipinski definition) is 1. The number of carbonyl (C=O) groups is 2. The third-order valence-corrected chi connectivity index (χ3v) is 4.83. The van der Waals surface area contributed by atoms with Gasteiger partial charge in [0.2, 0.25) is 5.09 Å². The lowest BCUT2D eigenvalue weighted by Gasteiger charge is -2.19. The number of carboxylic acids is 1. The van der Waals surface area contributed by atoms with Crippen LogP contribution in [0.3, 0.4) is 0 Å². The summed E-state index contributed by atoms with van der Waals surface area (Å²) in [6.45, 7) is 0.105. The molecule has 2 rings (SSSR count). The zero-order valence-corrected chi connectivity index (χ0v) is 11.4. The van der Waals surface area contributed by atoms with Crippen LogP contribution in [-0.4, -0.2) is 49.5 Å². The fourth-order valence-electron chi connectivity index (χ4n) is 2.07. The second-order valence-corrected chi connectivity index (χ2v) is 6.08. The van der Waals surface area contributed by atoms with E-state index < -0.39 is 33.1 Å². The van der Waals surface area contributed by atoms with Crippen molar-refractivity contribution in [2.45, 2.75) is 24.0 Å². The number of methoxy groups -OCH3 is 1. The summed E-state index contributed by atoms with van der Waals surface area (Å²) in [6, 6.07) is -0.0787. The summed E-state index contributed by atoms with van der Waals surface area (Å²) >= 11 is 0. The fraction of sp³-hybridized carbons (Fsp3) is 0.455. The summed E-state index contributed by atoms with van der Waals surface area (Å²) in [5.41, 5.74) is -0.0443. The molecule has 1 aliphatic rings. The minimum Gasteiger partial charge on any atom is -0.480 e. The number of hydrogen-bond acceptors (Lipinski definition) is 6. The Morgan fingerprint density at radius 2 is 2.20 bits per heavy atom. The van der Waals surface area contributed by atoms with Gasteiger partial charge in [0.25, 0.3) is 10.0 Å². The van der Waals surface area contributed by atoms with Gasteiger partial charge < -0.3 is 14.3 Å². The van der Waals surface area contributed by atoms with Crippen molar-refractivity contribution in [2.24, 2.45) is 0 Å². The van der Waals surface area contributed by atoms with Crippen LogP contribution in [0.25, 0.3) is 0 Å². The first kappa shape index (κ1) is 14.5. The molecule has 20 heavy (non-hydrogen) atoms. The lowest BCUT2D eigenvalue weighted by atomic mass is 10.2. The molecule has 1 aromatic rings. The van der Waals surface area contributed by atoms with Crippen LogP contribution < -0.4 is 0 Å². The van der Waals surface area contributed by atoms with Gasteiger partial charge in [0, 0.05) is 12.6 Å². The monoisotopic (exact) mass is 303 g/mol. The van der Waals surface area contributed by atoms with Crippen LogP contribution in [-0.2, 0) is 19.6 Å². The third-order valence-electron chi connectivity index (χ3n) is 3.05. The van der Waals surface area contributed by atoms with E-state index in [9.17, 15) is 18.0 Å². The molecule has 0 aromatic carbocycles. The van der Waals surface area contributed by atoms with Gasteiger partial charge >= 0.3 is 11.9 Å². The standard InChI is InChI=1S/C11H13NO7S/c1-18-11(15)7-5-9(19-6-7)20(16,17)12-4-2-3-8(12)10(13)14/h5-6,8H,2-4H2,1H3,(H,13,14)/t8-/m0/s1. The van der Waals surface area contributed by atoms with Gasteiger partial charge in [-0.1, -0.05) is 0 Å². The Bertz CT molecular complexity index is 633. The Labute approximate surface area is 115 Å². The normalized spacial score (nSPS) is 19.9. The number of carboxylic acid groups (broad SMARTS) is 1. The molecule has 110 valence electrons. The van der Waals surface area contributed by atoms with Crippen LogP contribution >= 0.6 is 0 Å². The average molecular weight is 303 g/mol. The largest absolute Gasteiger partial charge is 0.480 e. The first-order chi connectivity index (χ1) is 9.37. The number of nitrogens with zero attached hydrogens (tertiary/aromatic N) is 1. The number of rotatable bonds is 4. The molecule has 1 N–H and O–H groups in total. The van der Waals surface area contributed by atoms with Crippen molar-refractivity contribution in [3.05, 3.63) is 17.9 Å². The van der Waals surface area contributed by atoms with E-state index in [1.54, 1.807) is 0 Å². The smallest absolute Gasteiger partial charge is 0.341 e. The topological polar surface area (TPSA) is 114 Å². The Kier molecular flexibility index (Phi) is 3.82. The van der Waals surface area contributed by atoms with Crippen molar-refractivity contribution in [3.8, 4) is 0 Å². The first-order valence-corrected chi connectivity index (χ1v) is 7.23. The van der Waals surface area contributed by atoms with E-state index in [4.69, 9.17) is 9.52 Å². The van der Waals surface area contributed by atoms with E-state index in [0.29, 0.717) is 6.42 Å². The van der Waals surface area contributed by atoms with Crippen molar-refractivity contribution < 1.29 is 32.3 Å². The number of furan rings is 1. The van der Waals surface area contributed by atoms with Crippen LogP contribution in [0.4, 0.5) is 0 Å². The summed E-state index contributed by atoms with van der Waals surface area (Å²) < 4.78 is 34.8. The summed E-state index contributed by atoms with van der Waals surface area (Å²) in [6.07, 6.45) is 1.67. The second kappa shape index (κ2) is 5.25. The number of esters is 1. The fourth-order valence-corrected chi connectivity index (χ4v) is 3.64. The number of aliphatic carboxylic acids is 1. The van der Waals surface area contributed by atoms with Gasteiger partial charge in [-0.25, -0.2) is 13.2 Å². The molecule has 0 unspecified atom stereocenters. The van der Waals surface area contributed by atoms with Crippen LogP contribution in [0.1, 0.15) is 23.2 Å². The average Bonchev–Trinajstić information content (AvgIpc) is 3.06. The molecule has 1 atom stereocenters. The zero-order chi connectivity index (χ0) is 14.9. The van der Waals surface area contributed by atoms with Crippen molar-refractivity contribution in [3.63, 3.8) is 0 Å². The number of sulfonamides is 1. The molecule has 1 aliphatic heterocycles. The Morgan fingerprint density at radius 3 is 2.80 bits per heavy atom. The molecule has 8 nitrogen and oxygen atoms in total. The maximum absolute atomic E-state index is 12.3. The molecule has 0 saturated carbocycles. The van der Waals surface area contributed by atoms with E-state index in [1.807, 2.05) is 0 Å². The highest BCUT2D eigenvalue weighted by Gasteiger charge is 2.41. The molecule has 0 aliphatic carbocycles. The van der Waals surface area contributed by atoms with E-state index in [-0.39, 0.29) is 18.5 Å². The van der Waals surface area contributed by atoms with Crippen LogP contribution in [0.15, 0.2) is 21.8 Å². The second-order valence-electron chi connectivity index (χ2n) is 4.26. The van der Waals surface area contributed by atoms with Gasteiger partial charge in [-0.3, -0.25) is 4.79 Å². The van der Waals surface area contributed by atoms with Crippen LogP contribution in [0, 0.1) is 0 Å². The molecule has 0 amide bonds. The molecular formula is C11H13NO7S. The molecular weight excluding hydrogens is 290 g/mol. The molecule has 2 heterocycles. The van der Waals surface area contributed by atoms with Crippen molar-refractivity contribution in [1.82, 2.24) is 4.31 Å². The highest BCUT2D eigenvalue weighted by molar-refractivity contribution is 7.89. The van der Waals surface area contributed by atoms with Gasteiger partial charge in [-0.2, -0.15) is 4.31 Å². The Morgan fingerprint density at radius 1 is 1.50 bits per heavy atom. The highest BCUT2D eigenvalue weighted by Crippen LogP contribution is 2.27. The maximum Gasteiger partial charge on any atom is 0.341 e. The summed E-state index contributed by atoms with van der Waals surface area (Å²) in [5.74, 6) is -1.93. The Balaban J connectivity index is 2.33. The maximum atomic E-state index is 12.3. The van der Waals surface area contributed by atoms with Gasteiger partial charge in [0.1, 0.15) is 12.3 Å². The predicted molar refractivity (Wildman–Crippen MR) is 64.6 cm³/mol. The zero-order valence-electron chi connectivity index (χ0n) is 10.6. The van der Waals surface area contributed by atoms with Crippen molar-refractivity contribution in [2.75, 3.05) is 13.7 Å². The quantitative estimate of drug-likeness (QED) is 0.796. The number of carbonyl (C=O) groups excluding carboxylic acids is 1. The minimum atomic E-state index is -4.08. The van der Waals surface area contributed by atoms with E-state index in [2.05, 4.69) is 4.74 Å². The van der Waals surface area contributed by atoms with Gasteiger partial charge in [0.05, 0.1) is 12.7 Å². The molecule has 1 fully saturated rings. The van der Waals surface area contributed by atoms with E-state index >= 15 is 0 Å². The SMILES string of the molecule is COC(=O)c1coc(S(=O)(=O)N2CCC[C@H]2C(=O)O)c1. The molecule has 0 spiro atoms. The Hall–Kier alpha value is -1.87. The van der Waals surface area contributed by atoms with Crippen LogP contribution in [0.2, 0.25) is 0 Å². The van der Waals surface area contributed by atoms with Crippen molar-refractivity contribution in [1.29, 1.82) is 0 Å². The summed E-state index contributed by atoms with van der Waals surface area (Å²) in [5, 5.41) is 8.55. The van der Waals surface area contributed by atoms with E-state index in [1.165, 1.54) is 0 Å². The molecule has 0 radical (unpaired) electrons. The van der Waals surface area contributed by atoms with Crippen LogP contribution in [0.5, 0.6) is 0 Å². The predicted octanol–water partition coefficient (Wildman–Crippen LogP) is 0.304. The molecule has 1 saturated heterocycles. The molecule has 0 bridgehead atoms. The lowest BCUT2D eigenvalue weighted by molar-refractivity contribution is -0.140. The highest BCUT2D eigenvalue weighted by atomic mass is 32.2.